The van der Waals surface area contributed by atoms with Crippen molar-refractivity contribution in [1.29, 1.82) is 0 Å². The Morgan fingerprint density at radius 2 is 1.62 bits per heavy atom. The SMILES string of the molecule is CCN(CC)CCNC(=O)c1ccc2cc(C(C)(C)C)ccc2c1. The number of carbonyl (C=O) groups is 1. The summed E-state index contributed by atoms with van der Waals surface area (Å²) in [4.78, 5) is 14.6. The Morgan fingerprint density at radius 1 is 1.00 bits per heavy atom. The summed E-state index contributed by atoms with van der Waals surface area (Å²) in [5.41, 5.74) is 2.17. The number of hydrogen-bond acceptors (Lipinski definition) is 2. The Labute approximate surface area is 146 Å². The average molecular weight is 326 g/mol. The van der Waals surface area contributed by atoms with Gasteiger partial charge in [-0.15, -0.1) is 0 Å². The van der Waals surface area contributed by atoms with Crippen molar-refractivity contribution in [3.05, 3.63) is 47.5 Å². The Morgan fingerprint density at radius 3 is 2.25 bits per heavy atom. The van der Waals surface area contributed by atoms with Gasteiger partial charge in [0.1, 0.15) is 0 Å². The third kappa shape index (κ3) is 4.57. The maximum atomic E-state index is 12.3. The van der Waals surface area contributed by atoms with Gasteiger partial charge in [0, 0.05) is 18.7 Å². The highest BCUT2D eigenvalue weighted by Crippen LogP contribution is 2.26. The van der Waals surface area contributed by atoms with Crippen LogP contribution in [0.3, 0.4) is 0 Å². The zero-order chi connectivity index (χ0) is 17.7. The van der Waals surface area contributed by atoms with E-state index in [1.54, 1.807) is 0 Å². The van der Waals surface area contributed by atoms with Crippen molar-refractivity contribution in [3.63, 3.8) is 0 Å². The standard InChI is InChI=1S/C21H30N2O/c1-6-23(7-2)13-12-22-20(24)18-9-8-17-15-19(21(3,4)5)11-10-16(17)14-18/h8-11,14-15H,6-7,12-13H2,1-5H3,(H,22,24). The number of fused-ring (bicyclic) bond motifs is 1. The van der Waals surface area contributed by atoms with E-state index in [-0.39, 0.29) is 11.3 Å². The molecular weight excluding hydrogens is 296 g/mol. The molecule has 2 aromatic rings. The van der Waals surface area contributed by atoms with E-state index in [1.165, 1.54) is 10.9 Å². The van der Waals surface area contributed by atoms with Gasteiger partial charge in [0.15, 0.2) is 0 Å². The molecule has 0 saturated heterocycles. The Hall–Kier alpha value is -1.87. The number of hydrogen-bond donors (Lipinski definition) is 1. The molecule has 0 saturated carbocycles. The van der Waals surface area contributed by atoms with Gasteiger partial charge in [-0.05, 0) is 47.0 Å². The molecule has 0 bridgehead atoms. The van der Waals surface area contributed by atoms with Gasteiger partial charge in [0.2, 0.25) is 0 Å². The molecule has 0 aliphatic heterocycles. The van der Waals surface area contributed by atoms with Gasteiger partial charge in [-0.25, -0.2) is 0 Å². The third-order valence-corrected chi connectivity index (χ3v) is 4.58. The smallest absolute Gasteiger partial charge is 0.251 e. The fourth-order valence-electron chi connectivity index (χ4n) is 2.82. The van der Waals surface area contributed by atoms with E-state index < -0.39 is 0 Å². The van der Waals surface area contributed by atoms with Gasteiger partial charge in [-0.3, -0.25) is 4.79 Å². The summed E-state index contributed by atoms with van der Waals surface area (Å²) < 4.78 is 0. The van der Waals surface area contributed by atoms with Crippen molar-refractivity contribution >= 4 is 16.7 Å². The van der Waals surface area contributed by atoms with E-state index in [1.807, 2.05) is 18.2 Å². The first-order chi connectivity index (χ1) is 11.3. The third-order valence-electron chi connectivity index (χ3n) is 4.58. The van der Waals surface area contributed by atoms with Crippen molar-refractivity contribution in [2.45, 2.75) is 40.0 Å². The maximum absolute atomic E-state index is 12.3. The summed E-state index contributed by atoms with van der Waals surface area (Å²) in [7, 11) is 0. The highest BCUT2D eigenvalue weighted by Gasteiger charge is 2.14. The Balaban J connectivity index is 2.09. The van der Waals surface area contributed by atoms with Gasteiger partial charge < -0.3 is 10.2 Å². The zero-order valence-electron chi connectivity index (χ0n) is 15.6. The van der Waals surface area contributed by atoms with Crippen LogP contribution in [0.25, 0.3) is 10.8 Å². The van der Waals surface area contributed by atoms with Crippen LogP contribution in [0.2, 0.25) is 0 Å². The largest absolute Gasteiger partial charge is 0.351 e. The second-order valence-electron chi connectivity index (χ2n) is 7.31. The number of rotatable bonds is 6. The molecule has 2 rings (SSSR count). The average Bonchev–Trinajstić information content (AvgIpc) is 2.56. The molecule has 1 amide bonds. The van der Waals surface area contributed by atoms with E-state index >= 15 is 0 Å². The second kappa shape index (κ2) is 7.80. The number of carbonyl (C=O) groups excluding carboxylic acids is 1. The molecule has 3 nitrogen and oxygen atoms in total. The van der Waals surface area contributed by atoms with E-state index in [4.69, 9.17) is 0 Å². The molecular formula is C21H30N2O. The minimum Gasteiger partial charge on any atom is -0.351 e. The minimum atomic E-state index is 0.00366. The van der Waals surface area contributed by atoms with Crippen LogP contribution in [0.1, 0.15) is 50.5 Å². The first-order valence-corrected chi connectivity index (χ1v) is 8.90. The molecule has 0 unspecified atom stereocenters. The molecule has 130 valence electrons. The summed E-state index contributed by atoms with van der Waals surface area (Å²) in [6, 6.07) is 12.4. The van der Waals surface area contributed by atoms with E-state index in [9.17, 15) is 4.79 Å². The van der Waals surface area contributed by atoms with Crippen LogP contribution < -0.4 is 5.32 Å². The first kappa shape index (κ1) is 18.5. The van der Waals surface area contributed by atoms with Crippen LogP contribution >= 0.6 is 0 Å². The van der Waals surface area contributed by atoms with Gasteiger partial charge >= 0.3 is 0 Å². The van der Waals surface area contributed by atoms with E-state index in [0.29, 0.717) is 6.54 Å². The van der Waals surface area contributed by atoms with Gasteiger partial charge in [0.25, 0.3) is 5.91 Å². The summed E-state index contributed by atoms with van der Waals surface area (Å²) in [5, 5.41) is 5.31. The molecule has 0 fully saturated rings. The van der Waals surface area contributed by atoms with Gasteiger partial charge in [-0.2, -0.15) is 0 Å². The monoisotopic (exact) mass is 326 g/mol. The molecule has 0 spiro atoms. The number of amides is 1. The molecule has 24 heavy (non-hydrogen) atoms. The molecule has 0 atom stereocenters. The highest BCUT2D eigenvalue weighted by molar-refractivity contribution is 5.98. The number of nitrogens with zero attached hydrogens (tertiary/aromatic N) is 1. The predicted molar refractivity (Wildman–Crippen MR) is 103 cm³/mol. The number of benzene rings is 2. The van der Waals surface area contributed by atoms with E-state index in [0.717, 1.165) is 30.6 Å². The highest BCUT2D eigenvalue weighted by atomic mass is 16.1. The summed E-state index contributed by atoms with van der Waals surface area (Å²) in [6.07, 6.45) is 0. The lowest BCUT2D eigenvalue weighted by Crippen LogP contribution is -2.34. The first-order valence-electron chi connectivity index (χ1n) is 8.90. The lowest BCUT2D eigenvalue weighted by molar-refractivity contribution is 0.0949. The van der Waals surface area contributed by atoms with E-state index in [2.05, 4.69) is 63.0 Å². The summed E-state index contributed by atoms with van der Waals surface area (Å²) in [6.45, 7) is 14.5. The summed E-state index contributed by atoms with van der Waals surface area (Å²) in [5.74, 6) is 0.00366. The Bertz CT molecular complexity index is 697. The van der Waals surface area contributed by atoms with Crippen LogP contribution in [0.15, 0.2) is 36.4 Å². The Kier molecular flexibility index (Phi) is 6.00. The van der Waals surface area contributed by atoms with Gasteiger partial charge in [-0.1, -0.05) is 58.9 Å². The minimum absolute atomic E-state index is 0.00366. The predicted octanol–water partition coefficient (Wildman–Crippen LogP) is 4.21. The summed E-state index contributed by atoms with van der Waals surface area (Å²) >= 11 is 0. The lowest BCUT2D eigenvalue weighted by Gasteiger charge is -2.19. The number of likely N-dealkylation sites (N-methyl/N-ethyl adjacent to an activating group) is 1. The molecule has 0 aliphatic rings. The maximum Gasteiger partial charge on any atom is 0.251 e. The van der Waals surface area contributed by atoms with Crippen molar-refractivity contribution in [2.24, 2.45) is 0 Å². The number of nitrogens with one attached hydrogen (secondary N) is 1. The van der Waals surface area contributed by atoms with Crippen LogP contribution in [0.5, 0.6) is 0 Å². The van der Waals surface area contributed by atoms with Crippen LogP contribution in [0.4, 0.5) is 0 Å². The van der Waals surface area contributed by atoms with Gasteiger partial charge in [0.05, 0.1) is 0 Å². The lowest BCUT2D eigenvalue weighted by atomic mass is 9.86. The molecule has 0 aromatic heterocycles. The molecule has 0 heterocycles. The van der Waals surface area contributed by atoms with Crippen LogP contribution in [-0.2, 0) is 5.41 Å². The van der Waals surface area contributed by atoms with Crippen molar-refractivity contribution in [1.82, 2.24) is 10.2 Å². The van der Waals surface area contributed by atoms with Crippen molar-refractivity contribution < 1.29 is 4.79 Å². The molecule has 0 aliphatic carbocycles. The quantitative estimate of drug-likeness (QED) is 0.862. The molecule has 3 heteroatoms. The van der Waals surface area contributed by atoms with Crippen LogP contribution in [0, 0.1) is 0 Å². The fraction of sp³-hybridized carbons (Fsp3) is 0.476. The second-order valence-corrected chi connectivity index (χ2v) is 7.31. The normalized spacial score (nSPS) is 11.9. The van der Waals surface area contributed by atoms with Crippen LogP contribution in [-0.4, -0.2) is 37.0 Å². The molecule has 2 aromatic carbocycles. The van der Waals surface area contributed by atoms with Crippen molar-refractivity contribution in [2.75, 3.05) is 26.2 Å². The molecule has 0 radical (unpaired) electrons. The zero-order valence-corrected chi connectivity index (χ0v) is 15.6. The molecule has 1 N–H and O–H groups in total. The fourth-order valence-corrected chi connectivity index (χ4v) is 2.82. The topological polar surface area (TPSA) is 32.3 Å². The van der Waals surface area contributed by atoms with Crippen molar-refractivity contribution in [3.8, 4) is 0 Å².